The third kappa shape index (κ3) is 4.57. The van der Waals surface area contributed by atoms with Crippen LogP contribution in [0.2, 0.25) is 0 Å². The minimum absolute atomic E-state index is 0.805. The number of hydrogen-bond acceptors (Lipinski definition) is 4. The number of nitrogens with one attached hydrogen (secondary N) is 1. The molecule has 1 N–H and O–H groups in total. The Balaban J connectivity index is 2.19. The third-order valence-corrected chi connectivity index (χ3v) is 2.31. The molecule has 1 heterocycles. The Labute approximate surface area is 97.5 Å². The van der Waals surface area contributed by atoms with E-state index in [4.69, 9.17) is 4.74 Å². The van der Waals surface area contributed by atoms with Crippen molar-refractivity contribution in [1.29, 1.82) is 0 Å². The summed E-state index contributed by atoms with van der Waals surface area (Å²) in [6.07, 6.45) is 3.85. The Bertz CT molecular complexity index is 315. The second-order valence-electron chi connectivity index (χ2n) is 3.82. The summed E-state index contributed by atoms with van der Waals surface area (Å²) in [6, 6.07) is 0. The van der Waals surface area contributed by atoms with Crippen molar-refractivity contribution in [3.05, 3.63) is 17.6 Å². The molecule has 4 heteroatoms. The van der Waals surface area contributed by atoms with E-state index in [9.17, 15) is 0 Å². The van der Waals surface area contributed by atoms with Crippen LogP contribution in [0.15, 0.2) is 6.20 Å². The van der Waals surface area contributed by atoms with Crippen LogP contribution in [0, 0.1) is 13.8 Å². The van der Waals surface area contributed by atoms with Crippen LogP contribution in [0.25, 0.3) is 0 Å². The molecule has 0 amide bonds. The molecule has 0 saturated carbocycles. The van der Waals surface area contributed by atoms with Gasteiger partial charge in [0, 0.05) is 19.8 Å². The van der Waals surface area contributed by atoms with Crippen molar-refractivity contribution in [2.45, 2.75) is 33.6 Å². The molecule has 0 fully saturated rings. The van der Waals surface area contributed by atoms with Crippen LogP contribution in [0.3, 0.4) is 0 Å². The Morgan fingerprint density at radius 1 is 1.25 bits per heavy atom. The molecule has 0 bridgehead atoms. The minimum Gasteiger partial charge on any atom is -0.381 e. The van der Waals surface area contributed by atoms with Crippen LogP contribution < -0.4 is 5.32 Å². The molecule has 0 saturated heterocycles. The van der Waals surface area contributed by atoms with Crippen LogP contribution in [0.1, 0.15) is 31.2 Å². The van der Waals surface area contributed by atoms with Crippen LogP contribution in [-0.2, 0) is 4.74 Å². The lowest BCUT2D eigenvalue weighted by molar-refractivity contribution is 0.134. The van der Waals surface area contributed by atoms with Crippen molar-refractivity contribution in [1.82, 2.24) is 9.97 Å². The van der Waals surface area contributed by atoms with Crippen molar-refractivity contribution in [3.8, 4) is 0 Å². The smallest absolute Gasteiger partial charge is 0.144 e. The van der Waals surface area contributed by atoms with Gasteiger partial charge in [-0.1, -0.05) is 6.92 Å². The van der Waals surface area contributed by atoms with Crippen molar-refractivity contribution in [3.63, 3.8) is 0 Å². The summed E-state index contributed by atoms with van der Waals surface area (Å²) in [5.41, 5.74) is 1.96. The molecule has 0 aromatic carbocycles. The van der Waals surface area contributed by atoms with E-state index in [1.54, 1.807) is 6.20 Å². The lowest BCUT2D eigenvalue weighted by Crippen LogP contribution is -2.08. The lowest BCUT2D eigenvalue weighted by Gasteiger charge is -2.07. The van der Waals surface area contributed by atoms with Crippen LogP contribution in [0.5, 0.6) is 0 Å². The predicted molar refractivity (Wildman–Crippen MR) is 65.7 cm³/mol. The number of nitrogens with zero attached hydrogens (tertiary/aromatic N) is 2. The summed E-state index contributed by atoms with van der Waals surface area (Å²) < 4.78 is 5.39. The summed E-state index contributed by atoms with van der Waals surface area (Å²) in [4.78, 5) is 8.64. The summed E-state index contributed by atoms with van der Waals surface area (Å²) >= 11 is 0. The highest BCUT2D eigenvalue weighted by Crippen LogP contribution is 2.05. The van der Waals surface area contributed by atoms with Crippen molar-refractivity contribution < 1.29 is 4.74 Å². The highest BCUT2D eigenvalue weighted by molar-refractivity contribution is 5.32. The molecule has 1 aromatic rings. The first kappa shape index (κ1) is 12.9. The lowest BCUT2D eigenvalue weighted by atomic mass is 10.3. The number of hydrogen-bond donors (Lipinski definition) is 1. The number of aryl methyl sites for hydroxylation is 2. The standard InChI is InChI=1S/C12H21N3O/c1-4-7-16-8-5-6-13-12-9-14-10(2)11(3)15-12/h9H,4-8H2,1-3H3,(H,13,15). The number of anilines is 1. The SMILES string of the molecule is CCCOCCCNc1cnc(C)c(C)n1. The van der Waals surface area contributed by atoms with Crippen LogP contribution in [0.4, 0.5) is 5.82 Å². The van der Waals surface area contributed by atoms with Gasteiger partial charge in [-0.15, -0.1) is 0 Å². The Morgan fingerprint density at radius 2 is 2.06 bits per heavy atom. The maximum atomic E-state index is 5.39. The van der Waals surface area contributed by atoms with Gasteiger partial charge in [0.05, 0.1) is 17.6 Å². The molecule has 1 rings (SSSR count). The molecule has 16 heavy (non-hydrogen) atoms. The number of aromatic nitrogens is 2. The Kier molecular flexibility index (Phi) is 5.78. The van der Waals surface area contributed by atoms with E-state index < -0.39 is 0 Å². The Morgan fingerprint density at radius 3 is 2.75 bits per heavy atom. The van der Waals surface area contributed by atoms with Gasteiger partial charge in [0.15, 0.2) is 0 Å². The van der Waals surface area contributed by atoms with E-state index in [1.165, 1.54) is 0 Å². The molecule has 0 unspecified atom stereocenters. The first-order chi connectivity index (χ1) is 7.74. The highest BCUT2D eigenvalue weighted by atomic mass is 16.5. The predicted octanol–water partition coefficient (Wildman–Crippen LogP) is 2.32. The minimum atomic E-state index is 0.805. The zero-order chi connectivity index (χ0) is 11.8. The summed E-state index contributed by atoms with van der Waals surface area (Å²) in [5, 5.41) is 3.24. The molecule has 0 atom stereocenters. The summed E-state index contributed by atoms with van der Waals surface area (Å²) in [7, 11) is 0. The van der Waals surface area contributed by atoms with Crippen LogP contribution in [-0.4, -0.2) is 29.7 Å². The van der Waals surface area contributed by atoms with Crippen molar-refractivity contribution in [2.75, 3.05) is 25.1 Å². The zero-order valence-corrected chi connectivity index (χ0v) is 10.4. The zero-order valence-electron chi connectivity index (χ0n) is 10.4. The van der Waals surface area contributed by atoms with E-state index in [2.05, 4.69) is 22.2 Å². The monoisotopic (exact) mass is 223 g/mol. The normalized spacial score (nSPS) is 10.4. The van der Waals surface area contributed by atoms with Crippen molar-refractivity contribution >= 4 is 5.82 Å². The molecule has 0 aliphatic heterocycles. The first-order valence-corrected chi connectivity index (χ1v) is 5.86. The fourth-order valence-electron chi connectivity index (χ4n) is 1.26. The largest absolute Gasteiger partial charge is 0.381 e. The van der Waals surface area contributed by atoms with Gasteiger partial charge in [-0.3, -0.25) is 4.98 Å². The molecule has 0 radical (unpaired) electrons. The molecule has 90 valence electrons. The first-order valence-electron chi connectivity index (χ1n) is 5.86. The molecule has 0 aliphatic rings. The van der Waals surface area contributed by atoms with Gasteiger partial charge in [-0.2, -0.15) is 0 Å². The number of ether oxygens (including phenoxy) is 1. The third-order valence-electron chi connectivity index (χ3n) is 2.31. The second-order valence-corrected chi connectivity index (χ2v) is 3.82. The summed E-state index contributed by atoms with van der Waals surface area (Å²) in [5.74, 6) is 0.846. The van der Waals surface area contributed by atoms with Gasteiger partial charge < -0.3 is 10.1 Å². The average molecular weight is 223 g/mol. The van der Waals surface area contributed by atoms with E-state index >= 15 is 0 Å². The topological polar surface area (TPSA) is 47.0 Å². The highest BCUT2D eigenvalue weighted by Gasteiger charge is 1.98. The van der Waals surface area contributed by atoms with E-state index in [-0.39, 0.29) is 0 Å². The van der Waals surface area contributed by atoms with Gasteiger partial charge in [0.25, 0.3) is 0 Å². The maximum absolute atomic E-state index is 5.39. The fraction of sp³-hybridized carbons (Fsp3) is 0.667. The summed E-state index contributed by atoms with van der Waals surface area (Å²) in [6.45, 7) is 8.58. The van der Waals surface area contributed by atoms with E-state index in [0.29, 0.717) is 0 Å². The molecule has 0 spiro atoms. The average Bonchev–Trinajstić information content (AvgIpc) is 2.28. The quantitative estimate of drug-likeness (QED) is 0.721. The molecular formula is C12H21N3O. The maximum Gasteiger partial charge on any atom is 0.144 e. The van der Waals surface area contributed by atoms with E-state index in [0.717, 1.165) is 49.8 Å². The number of rotatable bonds is 7. The van der Waals surface area contributed by atoms with Crippen LogP contribution >= 0.6 is 0 Å². The molecule has 1 aromatic heterocycles. The molecule has 4 nitrogen and oxygen atoms in total. The molecular weight excluding hydrogens is 202 g/mol. The van der Waals surface area contributed by atoms with Gasteiger partial charge in [0.1, 0.15) is 5.82 Å². The second kappa shape index (κ2) is 7.17. The fourth-order valence-corrected chi connectivity index (χ4v) is 1.26. The van der Waals surface area contributed by atoms with Gasteiger partial charge >= 0.3 is 0 Å². The van der Waals surface area contributed by atoms with Gasteiger partial charge in [-0.25, -0.2) is 4.98 Å². The van der Waals surface area contributed by atoms with Gasteiger partial charge in [0.2, 0.25) is 0 Å². The molecule has 0 aliphatic carbocycles. The van der Waals surface area contributed by atoms with Gasteiger partial charge in [-0.05, 0) is 26.7 Å². The van der Waals surface area contributed by atoms with E-state index in [1.807, 2.05) is 13.8 Å². The Hall–Kier alpha value is -1.16. The van der Waals surface area contributed by atoms with Crippen molar-refractivity contribution in [2.24, 2.45) is 0 Å².